The molecule has 1 aromatic carbocycles. The minimum absolute atomic E-state index is 0.222. The molecule has 0 aliphatic rings. The Morgan fingerprint density at radius 1 is 1.32 bits per heavy atom. The van der Waals surface area contributed by atoms with Gasteiger partial charge in [-0.1, -0.05) is 12.1 Å². The molecule has 0 aliphatic carbocycles. The Kier molecular flexibility index (Phi) is 3.38. The zero-order valence-corrected chi connectivity index (χ0v) is 12.3. The lowest BCUT2D eigenvalue weighted by molar-refractivity contribution is 0.847. The van der Waals surface area contributed by atoms with Gasteiger partial charge in [0.2, 0.25) is 0 Å². The molecule has 0 atom stereocenters. The number of nitrogens with two attached hydrogens (primary N) is 1. The van der Waals surface area contributed by atoms with E-state index < -0.39 is 0 Å². The molecule has 0 saturated carbocycles. The van der Waals surface area contributed by atoms with Crippen molar-refractivity contribution in [3.63, 3.8) is 0 Å². The minimum Gasteiger partial charge on any atom is -0.398 e. The summed E-state index contributed by atoms with van der Waals surface area (Å²) in [6.45, 7) is 1.93. The first kappa shape index (κ1) is 13.9. The Labute approximate surface area is 126 Å². The Bertz CT molecular complexity index is 866. The Morgan fingerprint density at radius 2 is 2.14 bits per heavy atom. The highest BCUT2D eigenvalue weighted by Crippen LogP contribution is 2.25. The van der Waals surface area contributed by atoms with E-state index in [9.17, 15) is 4.79 Å². The summed E-state index contributed by atoms with van der Waals surface area (Å²) in [6, 6.07) is 7.36. The molecule has 22 heavy (non-hydrogen) atoms. The second kappa shape index (κ2) is 5.36. The number of H-pyrrole nitrogens is 1. The lowest BCUT2D eigenvalue weighted by Crippen LogP contribution is -2.21. The van der Waals surface area contributed by atoms with E-state index in [1.54, 1.807) is 25.5 Å². The predicted molar refractivity (Wildman–Crippen MR) is 85.9 cm³/mol. The summed E-state index contributed by atoms with van der Waals surface area (Å²) < 4.78 is 1.49. The van der Waals surface area contributed by atoms with E-state index in [-0.39, 0.29) is 11.4 Å². The minimum atomic E-state index is -0.222. The first-order valence-corrected chi connectivity index (χ1v) is 6.76. The summed E-state index contributed by atoms with van der Waals surface area (Å²) in [6.07, 6.45) is 3.29. The van der Waals surface area contributed by atoms with Crippen LogP contribution in [0.2, 0.25) is 0 Å². The van der Waals surface area contributed by atoms with Gasteiger partial charge in [0.1, 0.15) is 5.82 Å². The van der Waals surface area contributed by atoms with Crippen molar-refractivity contribution in [1.82, 2.24) is 19.7 Å². The van der Waals surface area contributed by atoms with Gasteiger partial charge in [0.15, 0.2) is 5.82 Å². The highest BCUT2D eigenvalue weighted by molar-refractivity contribution is 5.70. The van der Waals surface area contributed by atoms with Crippen LogP contribution >= 0.6 is 0 Å². The summed E-state index contributed by atoms with van der Waals surface area (Å²) in [5, 5.41) is 9.52. The van der Waals surface area contributed by atoms with Gasteiger partial charge in [-0.25, -0.2) is 4.98 Å². The number of aromatic amines is 1. The number of nitrogen functional groups attached to an aromatic ring is 1. The van der Waals surface area contributed by atoms with Crippen molar-refractivity contribution in [3.05, 3.63) is 52.6 Å². The fraction of sp³-hybridized carbons (Fsp3) is 0.133. The zero-order chi connectivity index (χ0) is 15.7. The molecule has 0 amide bonds. The summed E-state index contributed by atoms with van der Waals surface area (Å²) in [5.41, 5.74) is 8.92. The molecule has 0 saturated heterocycles. The van der Waals surface area contributed by atoms with Crippen molar-refractivity contribution < 1.29 is 0 Å². The van der Waals surface area contributed by atoms with Gasteiger partial charge in [-0.3, -0.25) is 9.89 Å². The van der Waals surface area contributed by atoms with Crippen LogP contribution in [-0.4, -0.2) is 19.7 Å². The number of anilines is 3. The first-order chi connectivity index (χ1) is 10.6. The van der Waals surface area contributed by atoms with Gasteiger partial charge in [-0.05, 0) is 18.6 Å². The monoisotopic (exact) mass is 296 g/mol. The maximum atomic E-state index is 12.2. The van der Waals surface area contributed by atoms with Gasteiger partial charge in [0.25, 0.3) is 5.56 Å². The van der Waals surface area contributed by atoms with Crippen molar-refractivity contribution >= 4 is 17.3 Å². The molecule has 0 spiro atoms. The number of nitrogens with zero attached hydrogens (tertiary/aromatic N) is 3. The van der Waals surface area contributed by atoms with Crippen LogP contribution < -0.4 is 16.6 Å². The smallest absolute Gasteiger partial charge is 0.293 e. The Balaban J connectivity index is 2.12. The molecule has 0 bridgehead atoms. The highest BCUT2D eigenvalue weighted by Gasteiger charge is 2.11. The normalized spacial score (nSPS) is 10.6. The number of benzene rings is 1. The summed E-state index contributed by atoms with van der Waals surface area (Å²) in [5.74, 6) is 0.831. The quantitative estimate of drug-likeness (QED) is 0.640. The van der Waals surface area contributed by atoms with E-state index in [0.29, 0.717) is 17.2 Å². The average molecular weight is 296 g/mol. The Morgan fingerprint density at radius 3 is 2.86 bits per heavy atom. The Hall–Kier alpha value is -3.09. The van der Waals surface area contributed by atoms with Gasteiger partial charge in [0.05, 0.1) is 11.9 Å². The molecule has 4 N–H and O–H groups in total. The third-order valence-corrected chi connectivity index (χ3v) is 3.48. The lowest BCUT2D eigenvalue weighted by atomic mass is 10.0. The molecule has 112 valence electrons. The van der Waals surface area contributed by atoms with Crippen molar-refractivity contribution in [2.24, 2.45) is 7.05 Å². The van der Waals surface area contributed by atoms with E-state index in [1.165, 1.54) is 4.57 Å². The molecule has 2 aromatic heterocycles. The molecule has 0 fully saturated rings. The number of rotatable bonds is 3. The summed E-state index contributed by atoms with van der Waals surface area (Å²) in [7, 11) is 1.69. The van der Waals surface area contributed by atoms with Gasteiger partial charge < -0.3 is 15.6 Å². The van der Waals surface area contributed by atoms with Crippen LogP contribution in [0.5, 0.6) is 0 Å². The number of hydrogen-bond acceptors (Lipinski definition) is 5. The standard InChI is InChI=1S/C15H16N6O/c1-9-10(4-3-5-11(9)16)12-8-21(2)15(22)14(18-12)19-13-6-7-17-20-13/h3-8H,16H2,1-2H3,(H2,17,18,19,20). The molecule has 2 heterocycles. The molecule has 3 aromatic rings. The molecular formula is C15H16N6O. The maximum absolute atomic E-state index is 12.2. The lowest BCUT2D eigenvalue weighted by Gasteiger charge is -2.11. The van der Waals surface area contributed by atoms with E-state index in [0.717, 1.165) is 11.1 Å². The second-order valence-electron chi connectivity index (χ2n) is 5.01. The maximum Gasteiger partial charge on any atom is 0.293 e. The molecule has 3 rings (SSSR count). The predicted octanol–water partition coefficient (Wildman–Crippen LogP) is 1.80. The fourth-order valence-electron chi connectivity index (χ4n) is 2.20. The molecule has 7 heteroatoms. The third-order valence-electron chi connectivity index (χ3n) is 3.48. The largest absolute Gasteiger partial charge is 0.398 e. The van der Waals surface area contributed by atoms with E-state index >= 15 is 0 Å². The SMILES string of the molecule is Cc1c(N)cccc1-c1cn(C)c(=O)c(Nc2ccn[nH]2)n1. The molecule has 0 radical (unpaired) electrons. The second-order valence-corrected chi connectivity index (χ2v) is 5.01. The van der Waals surface area contributed by atoms with E-state index in [4.69, 9.17) is 5.73 Å². The van der Waals surface area contributed by atoms with Crippen LogP contribution in [0.25, 0.3) is 11.3 Å². The topological polar surface area (TPSA) is 102 Å². The van der Waals surface area contributed by atoms with Crippen molar-refractivity contribution in [1.29, 1.82) is 0 Å². The van der Waals surface area contributed by atoms with Crippen molar-refractivity contribution in [2.75, 3.05) is 11.1 Å². The molecule has 0 unspecified atom stereocenters. The van der Waals surface area contributed by atoms with Crippen LogP contribution in [0.1, 0.15) is 5.56 Å². The number of hydrogen-bond donors (Lipinski definition) is 3. The van der Waals surface area contributed by atoms with Crippen LogP contribution in [0.4, 0.5) is 17.3 Å². The van der Waals surface area contributed by atoms with Crippen molar-refractivity contribution in [2.45, 2.75) is 6.92 Å². The summed E-state index contributed by atoms with van der Waals surface area (Å²) in [4.78, 5) is 16.6. The van der Waals surface area contributed by atoms with Gasteiger partial charge in [-0.2, -0.15) is 5.10 Å². The first-order valence-electron chi connectivity index (χ1n) is 6.76. The highest BCUT2D eigenvalue weighted by atomic mass is 16.1. The van der Waals surface area contributed by atoms with Gasteiger partial charge >= 0.3 is 0 Å². The fourth-order valence-corrected chi connectivity index (χ4v) is 2.20. The number of aromatic nitrogens is 4. The van der Waals surface area contributed by atoms with Crippen molar-refractivity contribution in [3.8, 4) is 11.3 Å². The van der Waals surface area contributed by atoms with Crippen LogP contribution in [0.15, 0.2) is 41.5 Å². The van der Waals surface area contributed by atoms with Gasteiger partial charge in [-0.15, -0.1) is 0 Å². The van der Waals surface area contributed by atoms with E-state index in [2.05, 4.69) is 20.5 Å². The summed E-state index contributed by atoms with van der Waals surface area (Å²) >= 11 is 0. The molecular weight excluding hydrogens is 280 g/mol. The van der Waals surface area contributed by atoms with Crippen LogP contribution in [-0.2, 0) is 7.05 Å². The number of aryl methyl sites for hydroxylation is 1. The molecule has 0 aliphatic heterocycles. The molecule has 7 nitrogen and oxygen atoms in total. The van der Waals surface area contributed by atoms with E-state index in [1.807, 2.05) is 25.1 Å². The van der Waals surface area contributed by atoms with Crippen LogP contribution in [0, 0.1) is 6.92 Å². The zero-order valence-electron chi connectivity index (χ0n) is 12.3. The third kappa shape index (κ3) is 2.44. The van der Waals surface area contributed by atoms with Crippen LogP contribution in [0.3, 0.4) is 0 Å². The average Bonchev–Trinajstić information content (AvgIpc) is 2.99. The van der Waals surface area contributed by atoms with Gasteiger partial charge in [0, 0.05) is 30.6 Å². The number of nitrogens with one attached hydrogen (secondary N) is 2.